The third-order valence-electron chi connectivity index (χ3n) is 4.52. The van der Waals surface area contributed by atoms with Gasteiger partial charge in [-0.15, -0.1) is 0 Å². The summed E-state index contributed by atoms with van der Waals surface area (Å²) < 4.78 is 14.6. The molecule has 150 valence electrons. The lowest BCUT2D eigenvalue weighted by Crippen LogP contribution is -2.22. The van der Waals surface area contributed by atoms with Crippen LogP contribution in [0.25, 0.3) is 0 Å². The smallest absolute Gasteiger partial charge is 0.260 e. The predicted octanol–water partition coefficient (Wildman–Crippen LogP) is 4.27. The highest BCUT2D eigenvalue weighted by molar-refractivity contribution is 6.33. The Morgan fingerprint density at radius 1 is 1.14 bits per heavy atom. The fourth-order valence-electron chi connectivity index (χ4n) is 2.82. The largest absolute Gasteiger partial charge is 0.322 e. The van der Waals surface area contributed by atoms with Crippen molar-refractivity contribution in [2.75, 3.05) is 17.3 Å². The highest BCUT2D eigenvalue weighted by Gasteiger charge is 2.20. The highest BCUT2D eigenvalue weighted by Crippen LogP contribution is 2.23. The number of aromatic nitrogens is 2. The second-order valence-corrected chi connectivity index (χ2v) is 6.97. The summed E-state index contributed by atoms with van der Waals surface area (Å²) in [6.07, 6.45) is 0. The van der Waals surface area contributed by atoms with Crippen LogP contribution >= 0.6 is 11.6 Å². The van der Waals surface area contributed by atoms with Crippen LogP contribution < -0.4 is 10.2 Å². The number of halogens is 2. The predicted molar refractivity (Wildman–Crippen MR) is 111 cm³/mol. The average molecular weight is 415 g/mol. The van der Waals surface area contributed by atoms with Gasteiger partial charge in [-0.25, -0.2) is 9.07 Å². The fraction of sp³-hybridized carbons (Fsp3) is 0.190. The van der Waals surface area contributed by atoms with Crippen LogP contribution in [0.2, 0.25) is 5.15 Å². The Bertz CT molecular complexity index is 1050. The molecule has 1 heterocycles. The van der Waals surface area contributed by atoms with Gasteiger partial charge in [0.1, 0.15) is 11.0 Å². The maximum Gasteiger partial charge on any atom is 0.260 e. The van der Waals surface area contributed by atoms with Gasteiger partial charge in [0.05, 0.1) is 17.8 Å². The number of nitrogens with one attached hydrogen (secondary N) is 1. The monoisotopic (exact) mass is 414 g/mol. The van der Waals surface area contributed by atoms with Crippen molar-refractivity contribution in [2.45, 2.75) is 20.4 Å². The zero-order valence-electron chi connectivity index (χ0n) is 16.2. The lowest BCUT2D eigenvalue weighted by atomic mass is 10.2. The zero-order chi connectivity index (χ0) is 21.1. The van der Waals surface area contributed by atoms with Gasteiger partial charge in [0.25, 0.3) is 5.91 Å². The number of rotatable bonds is 5. The van der Waals surface area contributed by atoms with Gasteiger partial charge in [-0.05, 0) is 48.9 Å². The van der Waals surface area contributed by atoms with Crippen LogP contribution in [0.3, 0.4) is 0 Å². The average Bonchev–Trinajstić information content (AvgIpc) is 2.96. The third kappa shape index (κ3) is 4.63. The van der Waals surface area contributed by atoms with Gasteiger partial charge in [0.15, 0.2) is 0 Å². The molecule has 3 aromatic rings. The summed E-state index contributed by atoms with van der Waals surface area (Å²) in [7, 11) is 1.68. The maximum absolute atomic E-state index is 13.1. The molecule has 0 aliphatic heterocycles. The number of benzene rings is 2. The number of amides is 2. The Hall–Kier alpha value is -3.19. The van der Waals surface area contributed by atoms with E-state index in [1.807, 2.05) is 0 Å². The summed E-state index contributed by atoms with van der Waals surface area (Å²) in [4.78, 5) is 25.7. The SMILES string of the molecule is CC(=O)N(C)c1ccc(NC(=O)c2c(C)nn(Cc3ccc(F)cc3)c2Cl)cc1. The van der Waals surface area contributed by atoms with E-state index in [1.165, 1.54) is 28.6 Å². The van der Waals surface area contributed by atoms with E-state index in [9.17, 15) is 14.0 Å². The molecule has 0 aliphatic carbocycles. The third-order valence-corrected chi connectivity index (χ3v) is 4.91. The van der Waals surface area contributed by atoms with E-state index < -0.39 is 0 Å². The van der Waals surface area contributed by atoms with Crippen LogP contribution in [0.4, 0.5) is 15.8 Å². The van der Waals surface area contributed by atoms with Gasteiger partial charge in [-0.2, -0.15) is 5.10 Å². The van der Waals surface area contributed by atoms with Crippen molar-refractivity contribution in [3.05, 3.63) is 76.3 Å². The fourth-order valence-corrected chi connectivity index (χ4v) is 3.14. The van der Waals surface area contributed by atoms with E-state index in [0.29, 0.717) is 17.9 Å². The van der Waals surface area contributed by atoms with Crippen LogP contribution in [0, 0.1) is 12.7 Å². The summed E-state index contributed by atoms with van der Waals surface area (Å²) >= 11 is 6.39. The van der Waals surface area contributed by atoms with Crippen molar-refractivity contribution in [3.63, 3.8) is 0 Å². The van der Waals surface area contributed by atoms with Crippen LogP contribution in [-0.4, -0.2) is 28.6 Å². The Morgan fingerprint density at radius 3 is 2.34 bits per heavy atom. The standard InChI is InChI=1S/C21H20ClFN4O2/c1-13-19(20(22)27(25-13)12-15-4-6-16(23)7-5-15)21(29)24-17-8-10-18(11-9-17)26(3)14(2)28/h4-11H,12H2,1-3H3,(H,24,29). The molecule has 0 unspecified atom stereocenters. The molecule has 0 spiro atoms. The lowest BCUT2D eigenvalue weighted by Gasteiger charge is -2.15. The first-order valence-electron chi connectivity index (χ1n) is 8.89. The van der Waals surface area contributed by atoms with Gasteiger partial charge in [0, 0.05) is 25.3 Å². The summed E-state index contributed by atoms with van der Waals surface area (Å²) in [5.41, 5.74) is 2.86. The first-order chi connectivity index (χ1) is 13.8. The Morgan fingerprint density at radius 2 is 1.76 bits per heavy atom. The van der Waals surface area contributed by atoms with E-state index >= 15 is 0 Å². The number of anilines is 2. The zero-order valence-corrected chi connectivity index (χ0v) is 17.0. The molecule has 1 N–H and O–H groups in total. The number of carbonyl (C=O) groups is 2. The second kappa shape index (κ2) is 8.45. The Kier molecular flexibility index (Phi) is 5.98. The van der Waals surface area contributed by atoms with Gasteiger partial charge in [-0.3, -0.25) is 9.59 Å². The summed E-state index contributed by atoms with van der Waals surface area (Å²) in [5, 5.41) is 7.33. The van der Waals surface area contributed by atoms with Crippen molar-refractivity contribution in [1.29, 1.82) is 0 Å². The van der Waals surface area contributed by atoms with E-state index in [4.69, 9.17) is 11.6 Å². The maximum atomic E-state index is 13.1. The summed E-state index contributed by atoms with van der Waals surface area (Å²) in [6.45, 7) is 3.50. The first kappa shape index (κ1) is 20.5. The molecule has 2 amide bonds. The number of hydrogen-bond acceptors (Lipinski definition) is 3. The molecule has 8 heteroatoms. The van der Waals surface area contributed by atoms with Crippen molar-refractivity contribution >= 4 is 34.8 Å². The molecular weight excluding hydrogens is 395 g/mol. The van der Waals surface area contributed by atoms with E-state index in [0.717, 1.165) is 11.3 Å². The van der Waals surface area contributed by atoms with Gasteiger partial charge in [-0.1, -0.05) is 23.7 Å². The second-order valence-electron chi connectivity index (χ2n) is 6.61. The number of carbonyl (C=O) groups excluding carboxylic acids is 2. The van der Waals surface area contributed by atoms with Crippen molar-refractivity contribution in [3.8, 4) is 0 Å². The highest BCUT2D eigenvalue weighted by atomic mass is 35.5. The van der Waals surface area contributed by atoms with E-state index in [2.05, 4.69) is 10.4 Å². The minimum Gasteiger partial charge on any atom is -0.322 e. The molecule has 3 rings (SSSR count). The van der Waals surface area contributed by atoms with Gasteiger partial charge < -0.3 is 10.2 Å². The lowest BCUT2D eigenvalue weighted by molar-refractivity contribution is -0.116. The van der Waals surface area contributed by atoms with Gasteiger partial charge in [0.2, 0.25) is 5.91 Å². The van der Waals surface area contributed by atoms with Crippen molar-refractivity contribution in [1.82, 2.24) is 9.78 Å². The van der Waals surface area contributed by atoms with Crippen LogP contribution in [-0.2, 0) is 11.3 Å². The minimum absolute atomic E-state index is 0.0854. The molecular formula is C21H20ClFN4O2. The van der Waals surface area contributed by atoms with E-state index in [-0.39, 0.29) is 28.3 Å². The number of hydrogen-bond donors (Lipinski definition) is 1. The number of aryl methyl sites for hydroxylation is 1. The Balaban J connectivity index is 1.76. The molecule has 0 fully saturated rings. The van der Waals surface area contributed by atoms with E-state index in [1.54, 1.807) is 50.4 Å². The molecule has 0 bridgehead atoms. The topological polar surface area (TPSA) is 67.2 Å². The number of nitrogens with zero attached hydrogens (tertiary/aromatic N) is 3. The quantitative estimate of drug-likeness (QED) is 0.678. The molecule has 0 aliphatic rings. The van der Waals surface area contributed by atoms with Crippen molar-refractivity contribution < 1.29 is 14.0 Å². The molecule has 0 atom stereocenters. The minimum atomic E-state index is -0.384. The van der Waals surface area contributed by atoms with Crippen molar-refractivity contribution in [2.24, 2.45) is 0 Å². The Labute approximate surface area is 172 Å². The molecule has 0 saturated heterocycles. The molecule has 29 heavy (non-hydrogen) atoms. The summed E-state index contributed by atoms with van der Waals surface area (Å²) in [6, 6.07) is 12.9. The molecule has 1 aromatic heterocycles. The first-order valence-corrected chi connectivity index (χ1v) is 9.27. The normalized spacial score (nSPS) is 10.7. The van der Waals surface area contributed by atoms with Crippen LogP contribution in [0.1, 0.15) is 28.5 Å². The van der Waals surface area contributed by atoms with Crippen LogP contribution in [0.15, 0.2) is 48.5 Å². The molecule has 2 aromatic carbocycles. The molecule has 6 nitrogen and oxygen atoms in total. The molecule has 0 radical (unpaired) electrons. The van der Waals surface area contributed by atoms with Gasteiger partial charge >= 0.3 is 0 Å². The molecule has 0 saturated carbocycles. The summed E-state index contributed by atoms with van der Waals surface area (Å²) in [5.74, 6) is -0.791. The van der Waals surface area contributed by atoms with Crippen LogP contribution in [0.5, 0.6) is 0 Å².